The van der Waals surface area contributed by atoms with Crippen LogP contribution in [0, 0.1) is 0 Å². The summed E-state index contributed by atoms with van der Waals surface area (Å²) in [4.78, 5) is 16.5. The van der Waals surface area contributed by atoms with E-state index < -0.39 is 23.3 Å². The third-order valence-electron chi connectivity index (χ3n) is 9.79. The molecule has 3 atom stereocenters. The highest BCUT2D eigenvalue weighted by Gasteiger charge is 2.45. The van der Waals surface area contributed by atoms with Gasteiger partial charge in [0.1, 0.15) is 6.10 Å². The Morgan fingerprint density at radius 2 is 1.67 bits per heavy atom. The van der Waals surface area contributed by atoms with Gasteiger partial charge >= 0.3 is 6.18 Å². The molecule has 1 aliphatic rings. The SMILES string of the molecule is CC1(C)c2ccc3c(ccc4ccccc43)c2C(C(Cc2ccc3ncccc3c2)OC=O)CC1c1cccc(C(F)(F)F)c1. The van der Waals surface area contributed by atoms with Gasteiger partial charge in [-0.3, -0.25) is 9.78 Å². The lowest BCUT2D eigenvalue weighted by Crippen LogP contribution is -2.39. The number of carbonyl (C=O) groups excluding carboxylic acids is 1. The Morgan fingerprint density at radius 3 is 2.49 bits per heavy atom. The number of nitrogens with zero attached hydrogens (tertiary/aromatic N) is 1. The Kier molecular flexibility index (Phi) is 7.11. The Bertz CT molecular complexity index is 2070. The second-order valence-corrected chi connectivity index (χ2v) is 12.7. The van der Waals surface area contributed by atoms with Gasteiger partial charge in [-0.25, -0.2) is 0 Å². The Hall–Kier alpha value is -4.71. The number of benzene rings is 5. The lowest BCUT2D eigenvalue weighted by atomic mass is 9.58. The first-order valence-electron chi connectivity index (χ1n) is 15.2. The molecular weight excluding hydrogens is 571 g/mol. The normalized spacial score (nSPS) is 18.5. The van der Waals surface area contributed by atoms with Crippen molar-refractivity contribution in [2.24, 2.45) is 0 Å². The van der Waals surface area contributed by atoms with E-state index in [1.807, 2.05) is 36.4 Å². The molecule has 226 valence electrons. The zero-order chi connectivity index (χ0) is 31.3. The lowest BCUT2D eigenvalue weighted by Gasteiger charge is -2.46. The van der Waals surface area contributed by atoms with Crippen LogP contribution in [0.5, 0.6) is 0 Å². The quantitative estimate of drug-likeness (QED) is 0.141. The maximum Gasteiger partial charge on any atom is 0.416 e. The third kappa shape index (κ3) is 5.12. The van der Waals surface area contributed by atoms with Crippen molar-refractivity contribution in [3.8, 4) is 0 Å². The fourth-order valence-electron chi connectivity index (χ4n) is 7.59. The molecule has 0 bridgehead atoms. The molecule has 3 nitrogen and oxygen atoms in total. The fraction of sp³-hybridized carbons (Fsp3) is 0.231. The van der Waals surface area contributed by atoms with E-state index in [0.717, 1.165) is 55.2 Å². The van der Waals surface area contributed by atoms with Crippen molar-refractivity contribution >= 4 is 38.9 Å². The maximum absolute atomic E-state index is 13.9. The predicted molar refractivity (Wildman–Crippen MR) is 172 cm³/mol. The van der Waals surface area contributed by atoms with E-state index in [1.54, 1.807) is 12.3 Å². The molecule has 0 aliphatic heterocycles. The molecular formula is C39H32F3NO2. The molecule has 7 rings (SSSR count). The van der Waals surface area contributed by atoms with Gasteiger partial charge < -0.3 is 4.74 Å². The standard InChI is InChI=1S/C39H32F3NO2/c1-38(2)33-16-15-30-29-11-4-3-7-25(29)13-14-31(30)37(33)32(22-34(38)26-8-5-10-28(21-26)39(40,41)42)36(45-23-44)20-24-12-17-35-27(19-24)9-6-18-43-35/h3-19,21,23,32,34,36H,20,22H2,1-2H3. The number of aromatic nitrogens is 1. The first-order chi connectivity index (χ1) is 21.6. The molecule has 6 aromatic rings. The molecule has 0 saturated heterocycles. The average molecular weight is 604 g/mol. The van der Waals surface area contributed by atoms with Crippen LogP contribution in [0.25, 0.3) is 32.4 Å². The number of rotatable bonds is 6. The van der Waals surface area contributed by atoms with Crippen LogP contribution < -0.4 is 0 Å². The van der Waals surface area contributed by atoms with E-state index in [2.05, 4.69) is 61.3 Å². The highest BCUT2D eigenvalue weighted by Crippen LogP contribution is 2.55. The molecule has 0 spiro atoms. The van der Waals surface area contributed by atoms with Crippen molar-refractivity contribution in [2.45, 2.75) is 56.2 Å². The maximum atomic E-state index is 13.9. The zero-order valence-corrected chi connectivity index (χ0v) is 25.0. The smallest absolute Gasteiger partial charge is 0.416 e. The molecule has 0 N–H and O–H groups in total. The summed E-state index contributed by atoms with van der Waals surface area (Å²) in [5, 5.41) is 5.43. The van der Waals surface area contributed by atoms with E-state index in [9.17, 15) is 18.0 Å². The van der Waals surface area contributed by atoms with Crippen molar-refractivity contribution in [3.05, 3.63) is 137 Å². The van der Waals surface area contributed by atoms with E-state index in [4.69, 9.17) is 4.74 Å². The first kappa shape index (κ1) is 29.0. The van der Waals surface area contributed by atoms with Gasteiger partial charge in [-0.2, -0.15) is 13.2 Å². The summed E-state index contributed by atoms with van der Waals surface area (Å²) < 4.78 is 47.5. The van der Waals surface area contributed by atoms with Crippen molar-refractivity contribution < 1.29 is 22.7 Å². The van der Waals surface area contributed by atoms with E-state index in [1.165, 1.54) is 12.1 Å². The van der Waals surface area contributed by atoms with Gasteiger partial charge in [0, 0.05) is 23.9 Å². The van der Waals surface area contributed by atoms with Crippen LogP contribution in [0.2, 0.25) is 0 Å². The largest absolute Gasteiger partial charge is 0.464 e. The Morgan fingerprint density at radius 1 is 0.867 bits per heavy atom. The van der Waals surface area contributed by atoms with Crippen molar-refractivity contribution in [1.29, 1.82) is 0 Å². The summed E-state index contributed by atoms with van der Waals surface area (Å²) in [5.41, 5.74) is 3.50. The molecule has 1 aromatic heterocycles. The number of hydrogen-bond donors (Lipinski definition) is 0. The number of carbonyl (C=O) groups is 1. The van der Waals surface area contributed by atoms with Crippen LogP contribution in [-0.4, -0.2) is 17.6 Å². The molecule has 0 saturated carbocycles. The Balaban J connectivity index is 1.43. The molecule has 0 fully saturated rings. The third-order valence-corrected chi connectivity index (χ3v) is 9.79. The summed E-state index contributed by atoms with van der Waals surface area (Å²) in [7, 11) is 0. The molecule has 45 heavy (non-hydrogen) atoms. The van der Waals surface area contributed by atoms with Crippen molar-refractivity contribution in [3.63, 3.8) is 0 Å². The zero-order valence-electron chi connectivity index (χ0n) is 25.0. The monoisotopic (exact) mass is 603 g/mol. The fourth-order valence-corrected chi connectivity index (χ4v) is 7.59. The number of ether oxygens (including phenoxy) is 1. The molecule has 5 aromatic carbocycles. The van der Waals surface area contributed by atoms with E-state index in [0.29, 0.717) is 24.9 Å². The lowest BCUT2D eigenvalue weighted by molar-refractivity contribution is -0.138. The number of hydrogen-bond acceptors (Lipinski definition) is 3. The second-order valence-electron chi connectivity index (χ2n) is 12.7. The molecule has 1 aliphatic carbocycles. The van der Waals surface area contributed by atoms with Crippen LogP contribution in [-0.2, 0) is 27.5 Å². The molecule has 0 amide bonds. The van der Waals surface area contributed by atoms with Crippen LogP contribution >= 0.6 is 0 Å². The minimum atomic E-state index is -4.45. The molecule has 0 radical (unpaired) electrons. The van der Waals surface area contributed by atoms with Gasteiger partial charge in [0.05, 0.1) is 11.1 Å². The van der Waals surface area contributed by atoms with Crippen molar-refractivity contribution in [1.82, 2.24) is 4.98 Å². The molecule has 6 heteroatoms. The van der Waals surface area contributed by atoms with Gasteiger partial charge in [0.15, 0.2) is 0 Å². The summed E-state index contributed by atoms with van der Waals surface area (Å²) in [5.74, 6) is -0.527. The average Bonchev–Trinajstić information content (AvgIpc) is 3.04. The summed E-state index contributed by atoms with van der Waals surface area (Å²) >= 11 is 0. The van der Waals surface area contributed by atoms with E-state index >= 15 is 0 Å². The van der Waals surface area contributed by atoms with Gasteiger partial charge in [-0.05, 0) is 85.8 Å². The topological polar surface area (TPSA) is 39.2 Å². The Labute approximate surface area is 259 Å². The highest BCUT2D eigenvalue weighted by molar-refractivity contribution is 6.09. The molecule has 3 unspecified atom stereocenters. The van der Waals surface area contributed by atoms with E-state index in [-0.39, 0.29) is 11.8 Å². The minimum Gasteiger partial charge on any atom is -0.464 e. The van der Waals surface area contributed by atoms with Gasteiger partial charge in [-0.15, -0.1) is 0 Å². The van der Waals surface area contributed by atoms with Gasteiger partial charge in [0.25, 0.3) is 6.47 Å². The van der Waals surface area contributed by atoms with Crippen LogP contribution in [0.4, 0.5) is 13.2 Å². The van der Waals surface area contributed by atoms with Crippen LogP contribution in [0.1, 0.15) is 59.9 Å². The van der Waals surface area contributed by atoms with Crippen molar-refractivity contribution in [2.75, 3.05) is 0 Å². The van der Waals surface area contributed by atoms with Gasteiger partial charge in [0.2, 0.25) is 0 Å². The summed E-state index contributed by atoms with van der Waals surface area (Å²) in [6.07, 6.45) is -2.27. The second kappa shape index (κ2) is 11.0. The molecule has 1 heterocycles. The summed E-state index contributed by atoms with van der Waals surface area (Å²) in [6.45, 7) is 4.74. The van der Waals surface area contributed by atoms with Crippen LogP contribution in [0.15, 0.2) is 109 Å². The first-order valence-corrected chi connectivity index (χ1v) is 15.2. The number of halogens is 3. The number of pyridine rings is 1. The minimum absolute atomic E-state index is 0.256. The highest BCUT2D eigenvalue weighted by atomic mass is 19.4. The van der Waals surface area contributed by atoms with Gasteiger partial charge in [-0.1, -0.05) is 92.7 Å². The number of fused-ring (bicyclic) bond motifs is 6. The predicted octanol–water partition coefficient (Wildman–Crippen LogP) is 9.89. The summed E-state index contributed by atoms with van der Waals surface area (Å²) in [6, 6.07) is 32.4. The van der Waals surface area contributed by atoms with Crippen LogP contribution in [0.3, 0.4) is 0 Å². The number of alkyl halides is 3.